The molecule has 2 N–H and O–H groups in total. The van der Waals surface area contributed by atoms with Crippen LogP contribution < -0.4 is 5.84 Å². The Hall–Kier alpha value is -0.470. The largest absolute Gasteiger partial charge is 0.350 e. The predicted octanol–water partition coefficient (Wildman–Crippen LogP) is 0.610. The molecule has 2 rings (SSSR count). The Morgan fingerprint density at radius 2 is 2.00 bits per heavy atom. The average Bonchev–Trinajstić information content (AvgIpc) is 2.84. The second kappa shape index (κ2) is 5.14. The van der Waals surface area contributed by atoms with Crippen molar-refractivity contribution < 1.29 is 17.9 Å². The van der Waals surface area contributed by atoms with Gasteiger partial charge in [0.25, 0.3) is 0 Å². The number of nitrogens with two attached hydrogens (primary N) is 1. The third-order valence-electron chi connectivity index (χ3n) is 3.99. The van der Waals surface area contributed by atoms with E-state index >= 15 is 0 Å². The second-order valence-electron chi connectivity index (χ2n) is 5.63. The van der Waals surface area contributed by atoms with Crippen LogP contribution in [-0.2, 0) is 19.5 Å². The minimum atomic E-state index is -3.47. The van der Waals surface area contributed by atoms with E-state index in [1.54, 1.807) is 0 Å². The molecule has 0 radical (unpaired) electrons. The normalized spacial score (nSPS) is 33.7. The van der Waals surface area contributed by atoms with Gasteiger partial charge in [0.15, 0.2) is 6.29 Å². The molecule has 2 aliphatic rings. The van der Waals surface area contributed by atoms with Crippen molar-refractivity contribution in [2.45, 2.75) is 39.0 Å². The van der Waals surface area contributed by atoms with E-state index in [4.69, 9.17) is 15.3 Å². The Morgan fingerprint density at radius 1 is 1.42 bits per heavy atom. The van der Waals surface area contributed by atoms with Crippen LogP contribution in [0.1, 0.15) is 26.7 Å². The molecule has 1 heterocycles. The second-order valence-corrected chi connectivity index (χ2v) is 7.52. The van der Waals surface area contributed by atoms with Crippen molar-refractivity contribution in [3.63, 3.8) is 0 Å². The number of hydrogen-bond acceptors (Lipinski definition) is 5. The highest BCUT2D eigenvalue weighted by Crippen LogP contribution is 2.43. The number of rotatable bonds is 3. The van der Waals surface area contributed by atoms with E-state index in [9.17, 15) is 8.42 Å². The number of nitrogens with zero attached hydrogens (tertiary/aromatic N) is 1. The molecule has 0 unspecified atom stereocenters. The summed E-state index contributed by atoms with van der Waals surface area (Å²) in [4.78, 5) is 0. The summed E-state index contributed by atoms with van der Waals surface area (Å²) >= 11 is 0. The zero-order chi connectivity index (χ0) is 14.3. The van der Waals surface area contributed by atoms with Gasteiger partial charge in [0.1, 0.15) is 0 Å². The lowest BCUT2D eigenvalue weighted by Gasteiger charge is -2.45. The van der Waals surface area contributed by atoms with E-state index in [1.165, 1.54) is 0 Å². The van der Waals surface area contributed by atoms with Crippen LogP contribution in [0.5, 0.6) is 0 Å². The van der Waals surface area contributed by atoms with Gasteiger partial charge in [-0.1, -0.05) is 18.6 Å². The van der Waals surface area contributed by atoms with E-state index in [0.717, 1.165) is 29.1 Å². The quantitative estimate of drug-likeness (QED) is 0.468. The number of sulfonamides is 1. The highest BCUT2D eigenvalue weighted by atomic mass is 32.2. The number of allylic oxidation sites excluding steroid dienone is 1. The fraction of sp³-hybridized carbons (Fsp3) is 0.833. The zero-order valence-corrected chi connectivity index (χ0v) is 12.4. The molecule has 0 amide bonds. The molecule has 1 fully saturated rings. The first-order chi connectivity index (χ1) is 8.75. The minimum absolute atomic E-state index is 0.408. The topological polar surface area (TPSA) is 81.9 Å². The van der Waals surface area contributed by atoms with Crippen molar-refractivity contribution in [3.8, 4) is 0 Å². The molecule has 6 nitrogen and oxygen atoms in total. The van der Waals surface area contributed by atoms with Crippen LogP contribution in [0.15, 0.2) is 11.6 Å². The third-order valence-corrected chi connectivity index (χ3v) is 4.99. The van der Waals surface area contributed by atoms with Crippen LogP contribution in [0.4, 0.5) is 0 Å². The van der Waals surface area contributed by atoms with Gasteiger partial charge in [0.05, 0.1) is 25.5 Å². The zero-order valence-electron chi connectivity index (χ0n) is 11.6. The summed E-state index contributed by atoms with van der Waals surface area (Å²) < 4.78 is 35.6. The van der Waals surface area contributed by atoms with Crippen molar-refractivity contribution in [1.82, 2.24) is 4.41 Å². The van der Waals surface area contributed by atoms with Gasteiger partial charge in [-0.2, -0.15) is 0 Å². The molecule has 0 saturated carbocycles. The lowest BCUT2D eigenvalue weighted by Crippen LogP contribution is -2.57. The summed E-state index contributed by atoms with van der Waals surface area (Å²) in [6.45, 7) is 5.04. The van der Waals surface area contributed by atoms with E-state index in [1.807, 2.05) is 19.9 Å². The molecule has 0 aromatic rings. The van der Waals surface area contributed by atoms with Crippen LogP contribution in [0.25, 0.3) is 0 Å². The summed E-state index contributed by atoms with van der Waals surface area (Å²) in [6, 6.07) is -0.445. The summed E-state index contributed by atoms with van der Waals surface area (Å²) in [5.74, 6) is 5.82. The molecule has 0 aromatic carbocycles. The molecule has 0 bridgehead atoms. The van der Waals surface area contributed by atoms with Gasteiger partial charge >= 0.3 is 0 Å². The van der Waals surface area contributed by atoms with E-state index in [0.29, 0.717) is 13.2 Å². The first-order valence-electron chi connectivity index (χ1n) is 6.40. The lowest BCUT2D eigenvalue weighted by molar-refractivity contribution is -0.146. The molecular weight excluding hydrogens is 268 g/mol. The number of ether oxygens (including phenoxy) is 2. The number of hydrazine groups is 1. The molecule has 2 atom stereocenters. The van der Waals surface area contributed by atoms with Crippen LogP contribution in [-0.4, -0.2) is 44.6 Å². The molecule has 110 valence electrons. The molecule has 7 heteroatoms. The van der Waals surface area contributed by atoms with Crippen molar-refractivity contribution >= 4 is 10.0 Å². The summed E-state index contributed by atoms with van der Waals surface area (Å²) in [7, 11) is -3.47. The molecule has 19 heavy (non-hydrogen) atoms. The summed E-state index contributed by atoms with van der Waals surface area (Å²) in [5.41, 5.74) is 0.674. The van der Waals surface area contributed by atoms with Gasteiger partial charge in [-0.15, -0.1) is 4.41 Å². The van der Waals surface area contributed by atoms with Crippen LogP contribution in [0.2, 0.25) is 0 Å². The Labute approximate surface area is 114 Å². The Morgan fingerprint density at radius 3 is 2.53 bits per heavy atom. The van der Waals surface area contributed by atoms with Gasteiger partial charge in [0.2, 0.25) is 10.0 Å². The maximum Gasteiger partial charge on any atom is 0.224 e. The smallest absolute Gasteiger partial charge is 0.224 e. The minimum Gasteiger partial charge on any atom is -0.350 e. The van der Waals surface area contributed by atoms with Crippen molar-refractivity contribution in [3.05, 3.63) is 11.6 Å². The third kappa shape index (κ3) is 2.85. The maximum atomic E-state index is 11.7. The molecule has 1 aliphatic heterocycles. The number of hydrogen-bond donors (Lipinski definition) is 1. The molecule has 0 aromatic heterocycles. The predicted molar refractivity (Wildman–Crippen MR) is 71.4 cm³/mol. The van der Waals surface area contributed by atoms with E-state index < -0.39 is 27.8 Å². The van der Waals surface area contributed by atoms with Crippen molar-refractivity contribution in [1.29, 1.82) is 0 Å². The van der Waals surface area contributed by atoms with E-state index in [2.05, 4.69) is 0 Å². The highest BCUT2D eigenvalue weighted by molar-refractivity contribution is 7.88. The van der Waals surface area contributed by atoms with Crippen LogP contribution >= 0.6 is 0 Å². The first kappa shape index (κ1) is 14.9. The van der Waals surface area contributed by atoms with Crippen molar-refractivity contribution in [2.75, 3.05) is 19.5 Å². The lowest BCUT2D eigenvalue weighted by atomic mass is 9.72. The first-order valence-corrected chi connectivity index (χ1v) is 8.24. The standard InChI is InChI=1S/C12H22N2O4S/c1-9-4-5-12(2,11-17-6-7-18-11)10(8-9)14(13)19(3,15)16/h8,10-11H,4-7,13H2,1-3H3/t10-,12+/m1/s1. The average molecular weight is 290 g/mol. The van der Waals surface area contributed by atoms with Crippen LogP contribution in [0, 0.1) is 5.41 Å². The van der Waals surface area contributed by atoms with E-state index in [-0.39, 0.29) is 0 Å². The van der Waals surface area contributed by atoms with Crippen LogP contribution in [0.3, 0.4) is 0 Å². The highest BCUT2D eigenvalue weighted by Gasteiger charge is 2.49. The van der Waals surface area contributed by atoms with Gasteiger partial charge in [-0.05, 0) is 19.8 Å². The molecule has 0 spiro atoms. The van der Waals surface area contributed by atoms with Gasteiger partial charge < -0.3 is 9.47 Å². The maximum absolute atomic E-state index is 11.7. The van der Waals surface area contributed by atoms with Gasteiger partial charge in [-0.25, -0.2) is 8.42 Å². The SMILES string of the molecule is CC1=C[C@@H](N(N)S(C)(=O)=O)[C@@](C)(C2OCCO2)CC1. The fourth-order valence-corrected chi connectivity index (χ4v) is 3.44. The Kier molecular flexibility index (Phi) is 4.04. The monoisotopic (exact) mass is 290 g/mol. The van der Waals surface area contributed by atoms with Crippen molar-refractivity contribution in [2.24, 2.45) is 11.3 Å². The molecular formula is C12H22N2O4S. The summed E-state index contributed by atoms with van der Waals surface area (Å²) in [6.07, 6.45) is 4.30. The Bertz CT molecular complexity index is 470. The van der Waals surface area contributed by atoms with Gasteiger partial charge in [0, 0.05) is 5.41 Å². The molecule has 1 aliphatic carbocycles. The van der Waals surface area contributed by atoms with Gasteiger partial charge in [-0.3, -0.25) is 5.84 Å². The molecule has 1 saturated heterocycles. The Balaban J connectivity index is 2.36. The fourth-order valence-electron chi connectivity index (χ4n) is 2.72. The summed E-state index contributed by atoms with van der Waals surface area (Å²) in [5, 5.41) is 0.